The Kier molecular flexibility index (Phi) is 5.37. The largest absolute Gasteiger partial charge is 0.481 e. The maximum atomic E-state index is 12.3. The molecule has 0 aliphatic carbocycles. The Labute approximate surface area is 153 Å². The van der Waals surface area contributed by atoms with Gasteiger partial charge in [0.1, 0.15) is 5.75 Å². The molecule has 0 aliphatic rings. The predicted octanol–water partition coefficient (Wildman–Crippen LogP) is 3.57. The van der Waals surface area contributed by atoms with Crippen LogP contribution in [0.4, 0.5) is 0 Å². The highest BCUT2D eigenvalue weighted by Crippen LogP contribution is 2.20. The molecule has 0 saturated carbocycles. The number of aryl methyl sites for hydroxylation is 2. The summed E-state index contributed by atoms with van der Waals surface area (Å²) in [6.45, 7) is 6.20. The fourth-order valence-corrected chi connectivity index (χ4v) is 2.61. The smallest absolute Gasteiger partial charge is 0.261 e. The molecule has 0 radical (unpaired) electrons. The van der Waals surface area contributed by atoms with E-state index in [-0.39, 0.29) is 5.91 Å². The lowest BCUT2D eigenvalue weighted by molar-refractivity contribution is -0.127. The fourth-order valence-electron chi connectivity index (χ4n) is 2.61. The number of rotatable bonds is 6. The minimum Gasteiger partial charge on any atom is -0.481 e. The van der Waals surface area contributed by atoms with Gasteiger partial charge in [0.2, 0.25) is 0 Å². The number of carbonyl (C=O) groups is 1. The number of aromatic nitrogens is 2. The highest BCUT2D eigenvalue weighted by atomic mass is 16.5. The van der Waals surface area contributed by atoms with Gasteiger partial charge < -0.3 is 14.6 Å². The lowest BCUT2D eigenvalue weighted by atomic mass is 10.1. The van der Waals surface area contributed by atoms with E-state index < -0.39 is 6.10 Å². The minimum absolute atomic E-state index is 0.135. The molecule has 0 unspecified atom stereocenters. The second kappa shape index (κ2) is 7.87. The van der Waals surface area contributed by atoms with Crippen LogP contribution < -0.4 is 10.1 Å². The van der Waals surface area contributed by atoms with Gasteiger partial charge in [0.05, 0.1) is 6.33 Å². The molecule has 3 aromatic rings. The number of benzene rings is 2. The number of amides is 1. The minimum atomic E-state index is -0.555. The number of hydrogen-bond acceptors (Lipinski definition) is 3. The van der Waals surface area contributed by atoms with Gasteiger partial charge >= 0.3 is 0 Å². The van der Waals surface area contributed by atoms with Crippen molar-refractivity contribution in [1.29, 1.82) is 0 Å². The van der Waals surface area contributed by atoms with E-state index in [1.54, 1.807) is 19.4 Å². The van der Waals surface area contributed by atoms with Crippen LogP contribution in [-0.2, 0) is 11.3 Å². The fraction of sp³-hybridized carbons (Fsp3) is 0.238. The molecule has 5 heteroatoms. The third-order valence-corrected chi connectivity index (χ3v) is 4.22. The normalized spacial score (nSPS) is 11.8. The van der Waals surface area contributed by atoms with Gasteiger partial charge in [-0.1, -0.05) is 24.3 Å². The first kappa shape index (κ1) is 17.7. The Morgan fingerprint density at radius 2 is 1.96 bits per heavy atom. The van der Waals surface area contributed by atoms with Crippen molar-refractivity contribution >= 4 is 5.91 Å². The summed E-state index contributed by atoms with van der Waals surface area (Å²) >= 11 is 0. The van der Waals surface area contributed by atoms with Gasteiger partial charge in [-0.25, -0.2) is 4.98 Å². The van der Waals surface area contributed by atoms with Gasteiger partial charge in [-0.15, -0.1) is 0 Å². The molecule has 5 nitrogen and oxygen atoms in total. The van der Waals surface area contributed by atoms with Crippen molar-refractivity contribution in [2.24, 2.45) is 0 Å². The highest BCUT2D eigenvalue weighted by Gasteiger charge is 2.15. The quantitative estimate of drug-likeness (QED) is 0.740. The predicted molar refractivity (Wildman–Crippen MR) is 101 cm³/mol. The zero-order valence-corrected chi connectivity index (χ0v) is 15.3. The Bertz CT molecular complexity index is 871. The molecule has 1 amide bonds. The summed E-state index contributed by atoms with van der Waals surface area (Å²) in [6.07, 6.45) is 4.83. The summed E-state index contributed by atoms with van der Waals surface area (Å²) in [5.74, 6) is 0.613. The molecule has 3 rings (SSSR count). The summed E-state index contributed by atoms with van der Waals surface area (Å²) in [5.41, 5.74) is 4.19. The summed E-state index contributed by atoms with van der Waals surface area (Å²) in [4.78, 5) is 16.4. The summed E-state index contributed by atoms with van der Waals surface area (Å²) in [5, 5.41) is 2.92. The number of hydrogen-bond donors (Lipinski definition) is 1. The van der Waals surface area contributed by atoms with Gasteiger partial charge in [-0.2, -0.15) is 0 Å². The summed E-state index contributed by atoms with van der Waals surface area (Å²) in [7, 11) is 0. The van der Waals surface area contributed by atoms with Gasteiger partial charge in [0.25, 0.3) is 5.91 Å². The standard InChI is InChI=1S/C21H23N3O2/c1-15-4-5-16(2)20(12-15)26-17(3)21(25)23-13-18-6-8-19(9-7-18)24-11-10-22-14-24/h4-12,14,17H,13H2,1-3H3,(H,23,25)/t17-/m0/s1. The van der Waals surface area contributed by atoms with E-state index in [0.29, 0.717) is 6.54 Å². The highest BCUT2D eigenvalue weighted by molar-refractivity contribution is 5.80. The van der Waals surface area contributed by atoms with Crippen molar-refractivity contribution in [3.63, 3.8) is 0 Å². The third-order valence-electron chi connectivity index (χ3n) is 4.22. The number of ether oxygens (including phenoxy) is 1. The van der Waals surface area contributed by atoms with Crippen LogP contribution in [0.5, 0.6) is 5.75 Å². The van der Waals surface area contributed by atoms with Crippen molar-refractivity contribution in [3.05, 3.63) is 77.9 Å². The first-order valence-electron chi connectivity index (χ1n) is 8.62. The molecule has 2 aromatic carbocycles. The SMILES string of the molecule is Cc1ccc(C)c(O[C@@H](C)C(=O)NCc2ccc(-n3ccnc3)cc2)c1. The van der Waals surface area contributed by atoms with E-state index in [1.165, 1.54) is 0 Å². The lowest BCUT2D eigenvalue weighted by Crippen LogP contribution is -2.36. The van der Waals surface area contributed by atoms with E-state index in [9.17, 15) is 4.79 Å². The average Bonchev–Trinajstić information content (AvgIpc) is 3.18. The maximum absolute atomic E-state index is 12.3. The molecule has 0 saturated heterocycles. The molecule has 134 valence electrons. The van der Waals surface area contributed by atoms with Crippen LogP contribution in [0.1, 0.15) is 23.6 Å². The Morgan fingerprint density at radius 1 is 1.19 bits per heavy atom. The maximum Gasteiger partial charge on any atom is 0.261 e. The van der Waals surface area contributed by atoms with Crippen LogP contribution in [0, 0.1) is 13.8 Å². The van der Waals surface area contributed by atoms with Crippen LogP contribution in [-0.4, -0.2) is 21.6 Å². The molecule has 0 aliphatic heterocycles. The Balaban J connectivity index is 1.55. The van der Waals surface area contributed by atoms with Gasteiger partial charge in [-0.05, 0) is 55.7 Å². The van der Waals surface area contributed by atoms with E-state index in [2.05, 4.69) is 10.3 Å². The molecule has 0 spiro atoms. The zero-order chi connectivity index (χ0) is 18.5. The molecule has 0 bridgehead atoms. The van der Waals surface area contributed by atoms with Gasteiger partial charge in [-0.3, -0.25) is 4.79 Å². The molecular weight excluding hydrogens is 326 g/mol. The second-order valence-electron chi connectivity index (χ2n) is 6.38. The van der Waals surface area contributed by atoms with Crippen molar-refractivity contribution in [3.8, 4) is 11.4 Å². The number of carbonyl (C=O) groups excluding carboxylic acids is 1. The first-order chi connectivity index (χ1) is 12.5. The summed E-state index contributed by atoms with van der Waals surface area (Å²) in [6, 6.07) is 14.0. The average molecular weight is 349 g/mol. The monoisotopic (exact) mass is 349 g/mol. The molecule has 1 atom stereocenters. The van der Waals surface area contributed by atoms with E-state index >= 15 is 0 Å². The zero-order valence-electron chi connectivity index (χ0n) is 15.3. The van der Waals surface area contributed by atoms with Crippen LogP contribution in [0.25, 0.3) is 5.69 Å². The Hall–Kier alpha value is -3.08. The van der Waals surface area contributed by atoms with E-state index in [4.69, 9.17) is 4.74 Å². The molecule has 0 fully saturated rings. The Morgan fingerprint density at radius 3 is 2.65 bits per heavy atom. The topological polar surface area (TPSA) is 56.1 Å². The van der Waals surface area contributed by atoms with Crippen LogP contribution in [0.15, 0.2) is 61.2 Å². The molecule has 1 N–H and O–H groups in total. The van der Waals surface area contributed by atoms with Crippen molar-refractivity contribution in [2.45, 2.75) is 33.4 Å². The van der Waals surface area contributed by atoms with Crippen molar-refractivity contribution in [2.75, 3.05) is 0 Å². The molecule has 26 heavy (non-hydrogen) atoms. The molecule has 1 aromatic heterocycles. The number of nitrogens with one attached hydrogen (secondary N) is 1. The first-order valence-corrected chi connectivity index (χ1v) is 8.62. The summed E-state index contributed by atoms with van der Waals surface area (Å²) < 4.78 is 7.75. The number of imidazole rings is 1. The van der Waals surface area contributed by atoms with Crippen molar-refractivity contribution in [1.82, 2.24) is 14.9 Å². The van der Waals surface area contributed by atoms with E-state index in [0.717, 1.165) is 28.1 Å². The van der Waals surface area contributed by atoms with Crippen LogP contribution >= 0.6 is 0 Å². The van der Waals surface area contributed by atoms with Crippen LogP contribution in [0.2, 0.25) is 0 Å². The third kappa shape index (κ3) is 4.30. The van der Waals surface area contributed by atoms with Crippen molar-refractivity contribution < 1.29 is 9.53 Å². The molecule has 1 heterocycles. The van der Waals surface area contributed by atoms with Crippen LogP contribution in [0.3, 0.4) is 0 Å². The van der Waals surface area contributed by atoms with E-state index in [1.807, 2.05) is 67.1 Å². The van der Waals surface area contributed by atoms with Gasteiger partial charge in [0.15, 0.2) is 6.10 Å². The van der Waals surface area contributed by atoms with Gasteiger partial charge in [0, 0.05) is 24.6 Å². The molecular formula is C21H23N3O2. The number of nitrogens with zero attached hydrogens (tertiary/aromatic N) is 2. The lowest BCUT2D eigenvalue weighted by Gasteiger charge is -2.17. The second-order valence-corrected chi connectivity index (χ2v) is 6.38.